The Balaban J connectivity index is 1.76. The van der Waals surface area contributed by atoms with Gasteiger partial charge in [-0.3, -0.25) is 0 Å². The quantitative estimate of drug-likeness (QED) is 0.716. The fourth-order valence-electron chi connectivity index (χ4n) is 2.49. The Morgan fingerprint density at radius 1 is 1.10 bits per heavy atom. The van der Waals surface area contributed by atoms with Crippen molar-refractivity contribution in [2.75, 3.05) is 13.6 Å². The zero-order valence-electron chi connectivity index (χ0n) is 12.3. The van der Waals surface area contributed by atoms with Crippen molar-refractivity contribution in [1.29, 1.82) is 0 Å². The van der Waals surface area contributed by atoms with Gasteiger partial charge in [0.05, 0.1) is 13.6 Å². The van der Waals surface area contributed by atoms with Crippen molar-refractivity contribution in [1.82, 2.24) is 4.98 Å². The van der Waals surface area contributed by atoms with Crippen molar-refractivity contribution in [3.63, 3.8) is 0 Å². The summed E-state index contributed by atoms with van der Waals surface area (Å²) >= 11 is 0. The normalized spacial score (nSPS) is 10.9. The monoisotopic (exact) mass is 281 g/mol. The molecule has 108 valence electrons. The highest BCUT2D eigenvalue weighted by atomic mass is 16.5. The Bertz CT molecular complexity index is 704. The molecule has 2 aromatic carbocycles. The van der Waals surface area contributed by atoms with Crippen LogP contribution in [0.15, 0.2) is 54.7 Å². The van der Waals surface area contributed by atoms with Crippen molar-refractivity contribution in [2.24, 2.45) is 0 Å². The second-order valence-electron chi connectivity index (χ2n) is 5.24. The first-order valence-corrected chi connectivity index (χ1v) is 7.41. The molecule has 0 atom stereocenters. The van der Waals surface area contributed by atoms with Gasteiger partial charge in [-0.1, -0.05) is 30.3 Å². The summed E-state index contributed by atoms with van der Waals surface area (Å²) in [5.41, 5.74) is 3.72. The number of hydrogen-bond donors (Lipinski definition) is 2. The van der Waals surface area contributed by atoms with Gasteiger partial charge in [-0.2, -0.15) is 0 Å². The molecule has 1 heterocycles. The summed E-state index contributed by atoms with van der Waals surface area (Å²) in [6.07, 6.45) is 3.17. The van der Waals surface area contributed by atoms with Gasteiger partial charge in [0.15, 0.2) is 0 Å². The summed E-state index contributed by atoms with van der Waals surface area (Å²) in [7, 11) is 2.10. The molecule has 3 rings (SSSR count). The fraction of sp³-hybridized carbons (Fsp3) is 0.222. The predicted octanol–water partition coefficient (Wildman–Crippen LogP) is 2.48. The van der Waals surface area contributed by atoms with E-state index in [1.165, 1.54) is 22.0 Å². The molecule has 0 saturated heterocycles. The lowest BCUT2D eigenvalue weighted by atomic mass is 10.1. The second kappa shape index (κ2) is 6.46. The van der Waals surface area contributed by atoms with Crippen LogP contribution in [0, 0.1) is 0 Å². The molecule has 0 aliphatic rings. The molecule has 0 saturated carbocycles. The first kappa shape index (κ1) is 13.7. The van der Waals surface area contributed by atoms with Crippen molar-refractivity contribution in [3.8, 4) is 5.75 Å². The SMILES string of the molecule is C[NH2+]CCc1c[nH]c2ccc(OCc3ccccc3)cc12. The number of rotatable bonds is 6. The molecule has 0 aliphatic heterocycles. The highest BCUT2D eigenvalue weighted by Gasteiger charge is 2.06. The number of benzene rings is 2. The highest BCUT2D eigenvalue weighted by molar-refractivity contribution is 5.84. The molecule has 21 heavy (non-hydrogen) atoms. The third-order valence-electron chi connectivity index (χ3n) is 3.69. The first-order valence-electron chi connectivity index (χ1n) is 7.41. The number of hydrogen-bond acceptors (Lipinski definition) is 1. The summed E-state index contributed by atoms with van der Waals surface area (Å²) in [6, 6.07) is 16.5. The van der Waals surface area contributed by atoms with Crippen LogP contribution in [0.25, 0.3) is 10.9 Å². The van der Waals surface area contributed by atoms with Crippen molar-refractivity contribution < 1.29 is 10.1 Å². The average molecular weight is 281 g/mol. The molecular weight excluding hydrogens is 260 g/mol. The average Bonchev–Trinajstić information content (AvgIpc) is 2.94. The van der Waals surface area contributed by atoms with Crippen LogP contribution in [-0.2, 0) is 13.0 Å². The van der Waals surface area contributed by atoms with E-state index in [1.807, 2.05) is 24.3 Å². The lowest BCUT2D eigenvalue weighted by Gasteiger charge is -2.07. The minimum Gasteiger partial charge on any atom is -0.489 e. The van der Waals surface area contributed by atoms with Crippen molar-refractivity contribution in [2.45, 2.75) is 13.0 Å². The van der Waals surface area contributed by atoms with E-state index in [0.29, 0.717) is 6.61 Å². The minimum atomic E-state index is 0.606. The summed E-state index contributed by atoms with van der Waals surface area (Å²) in [5.74, 6) is 0.924. The second-order valence-corrected chi connectivity index (χ2v) is 5.24. The molecule has 3 N–H and O–H groups in total. The maximum atomic E-state index is 5.91. The molecule has 3 nitrogen and oxygen atoms in total. The molecule has 0 amide bonds. The lowest BCUT2D eigenvalue weighted by molar-refractivity contribution is -0.626. The number of fused-ring (bicyclic) bond motifs is 1. The number of ether oxygens (including phenoxy) is 1. The van der Waals surface area contributed by atoms with Crippen LogP contribution in [0.3, 0.4) is 0 Å². The fourth-order valence-corrected chi connectivity index (χ4v) is 2.49. The van der Waals surface area contributed by atoms with Crippen molar-refractivity contribution in [3.05, 3.63) is 65.9 Å². The molecule has 0 spiro atoms. The number of nitrogens with two attached hydrogens (primary N) is 1. The van der Waals surface area contributed by atoms with Crippen LogP contribution in [0.2, 0.25) is 0 Å². The molecule has 0 bridgehead atoms. The van der Waals surface area contributed by atoms with Crippen LogP contribution in [-0.4, -0.2) is 18.6 Å². The van der Waals surface area contributed by atoms with E-state index >= 15 is 0 Å². The number of aromatic nitrogens is 1. The molecule has 0 radical (unpaired) electrons. The maximum absolute atomic E-state index is 5.91. The summed E-state index contributed by atoms with van der Waals surface area (Å²) in [6.45, 7) is 1.71. The minimum absolute atomic E-state index is 0.606. The maximum Gasteiger partial charge on any atom is 0.120 e. The lowest BCUT2D eigenvalue weighted by Crippen LogP contribution is -2.80. The van der Waals surface area contributed by atoms with Gasteiger partial charge in [-0.05, 0) is 29.3 Å². The Morgan fingerprint density at radius 3 is 2.76 bits per heavy atom. The molecule has 1 aromatic heterocycles. The molecule has 3 heteroatoms. The van der Waals surface area contributed by atoms with E-state index in [4.69, 9.17) is 4.74 Å². The number of likely N-dealkylation sites (N-methyl/N-ethyl adjacent to an activating group) is 1. The zero-order valence-corrected chi connectivity index (χ0v) is 12.3. The molecule has 0 fully saturated rings. The summed E-state index contributed by atoms with van der Waals surface area (Å²) in [4.78, 5) is 3.33. The summed E-state index contributed by atoms with van der Waals surface area (Å²) in [5, 5.41) is 3.47. The Kier molecular flexibility index (Phi) is 4.22. The topological polar surface area (TPSA) is 41.6 Å². The van der Waals surface area contributed by atoms with Gasteiger partial charge < -0.3 is 15.0 Å². The number of nitrogens with one attached hydrogen (secondary N) is 1. The van der Waals surface area contributed by atoms with Crippen LogP contribution in [0.1, 0.15) is 11.1 Å². The van der Waals surface area contributed by atoms with Crippen LogP contribution >= 0.6 is 0 Å². The van der Waals surface area contributed by atoms with Gasteiger partial charge in [0.1, 0.15) is 12.4 Å². The number of aromatic amines is 1. The Hall–Kier alpha value is -2.26. The number of quaternary nitrogens is 1. The first-order chi connectivity index (χ1) is 10.4. The Morgan fingerprint density at radius 2 is 1.95 bits per heavy atom. The van der Waals surface area contributed by atoms with Gasteiger partial charge in [0.2, 0.25) is 0 Å². The van der Waals surface area contributed by atoms with E-state index in [9.17, 15) is 0 Å². The predicted molar refractivity (Wildman–Crippen MR) is 85.5 cm³/mol. The van der Waals surface area contributed by atoms with E-state index in [0.717, 1.165) is 18.7 Å². The van der Waals surface area contributed by atoms with E-state index in [-0.39, 0.29) is 0 Å². The zero-order chi connectivity index (χ0) is 14.5. The van der Waals surface area contributed by atoms with Gasteiger partial charge in [-0.25, -0.2) is 0 Å². The van der Waals surface area contributed by atoms with Crippen LogP contribution in [0.5, 0.6) is 5.75 Å². The Labute approximate surface area is 125 Å². The van der Waals surface area contributed by atoms with Gasteiger partial charge in [0.25, 0.3) is 0 Å². The van der Waals surface area contributed by atoms with Gasteiger partial charge in [0, 0.05) is 23.5 Å². The van der Waals surface area contributed by atoms with E-state index in [2.05, 4.69) is 47.8 Å². The standard InChI is InChI=1S/C18H20N2O/c1-19-10-9-15-12-20-18-8-7-16(11-17(15)18)21-13-14-5-3-2-4-6-14/h2-8,11-12,19-20H,9-10,13H2,1H3/p+1. The van der Waals surface area contributed by atoms with Crippen LogP contribution < -0.4 is 10.1 Å². The summed E-state index contributed by atoms with van der Waals surface area (Å²) < 4.78 is 5.91. The molecular formula is C18H21N2O+. The highest BCUT2D eigenvalue weighted by Crippen LogP contribution is 2.24. The van der Waals surface area contributed by atoms with Crippen molar-refractivity contribution >= 4 is 10.9 Å². The van der Waals surface area contributed by atoms with Gasteiger partial charge in [-0.15, -0.1) is 0 Å². The van der Waals surface area contributed by atoms with Crippen LogP contribution in [0.4, 0.5) is 0 Å². The largest absolute Gasteiger partial charge is 0.489 e. The third kappa shape index (κ3) is 3.26. The van der Waals surface area contributed by atoms with E-state index < -0.39 is 0 Å². The van der Waals surface area contributed by atoms with E-state index in [1.54, 1.807) is 0 Å². The molecule has 0 aliphatic carbocycles. The third-order valence-corrected chi connectivity index (χ3v) is 3.69. The smallest absolute Gasteiger partial charge is 0.120 e. The van der Waals surface area contributed by atoms with Gasteiger partial charge >= 0.3 is 0 Å². The molecule has 0 unspecified atom stereocenters. The number of H-pyrrole nitrogens is 1. The molecule has 3 aromatic rings.